The van der Waals surface area contributed by atoms with Gasteiger partial charge in [0.2, 0.25) is 5.91 Å². The zero-order valence-corrected chi connectivity index (χ0v) is 14.2. The first-order valence-electron chi connectivity index (χ1n) is 7.63. The summed E-state index contributed by atoms with van der Waals surface area (Å²) in [5, 5.41) is 3.03. The molecule has 1 aromatic carbocycles. The first-order valence-corrected chi connectivity index (χ1v) is 9.36. The Hall–Kier alpha value is -1.24. The summed E-state index contributed by atoms with van der Waals surface area (Å²) >= 11 is 0. The molecular formula is C16H25N3O2S. The lowest BCUT2D eigenvalue weighted by atomic mass is 9.99. The lowest BCUT2D eigenvalue weighted by Gasteiger charge is -2.20. The third-order valence-electron chi connectivity index (χ3n) is 3.97. The maximum Gasteiger partial charge on any atom is 0.239 e. The standard InChI is InChI=1S/C16H25N3O2S/c1-11(2)13-9-14(19-18-13)16(20)17-15(10-22(3)21)12-7-5-4-6-8-12/h4-8,11,13-15,18-19H,9-10H2,1-3H3,(H,17,20). The third-order valence-corrected chi connectivity index (χ3v) is 4.78. The highest BCUT2D eigenvalue weighted by Gasteiger charge is 2.32. The summed E-state index contributed by atoms with van der Waals surface area (Å²) in [6, 6.07) is 9.52. The largest absolute Gasteiger partial charge is 0.347 e. The Morgan fingerprint density at radius 2 is 2.00 bits per heavy atom. The van der Waals surface area contributed by atoms with E-state index in [0.29, 0.717) is 17.7 Å². The van der Waals surface area contributed by atoms with Crippen molar-refractivity contribution < 1.29 is 9.00 Å². The van der Waals surface area contributed by atoms with Crippen molar-refractivity contribution in [3.05, 3.63) is 35.9 Å². The van der Waals surface area contributed by atoms with Crippen LogP contribution in [0.3, 0.4) is 0 Å². The Morgan fingerprint density at radius 3 is 2.55 bits per heavy atom. The van der Waals surface area contributed by atoms with Crippen molar-refractivity contribution in [1.82, 2.24) is 16.2 Å². The van der Waals surface area contributed by atoms with Crippen LogP contribution in [0, 0.1) is 5.92 Å². The minimum absolute atomic E-state index is 0.0463. The van der Waals surface area contributed by atoms with Crippen molar-refractivity contribution in [2.45, 2.75) is 38.4 Å². The molecule has 0 aliphatic carbocycles. The van der Waals surface area contributed by atoms with Gasteiger partial charge in [-0.3, -0.25) is 14.4 Å². The molecule has 1 aliphatic rings. The molecule has 1 aliphatic heterocycles. The summed E-state index contributed by atoms with van der Waals surface area (Å²) in [7, 11) is -0.979. The first kappa shape index (κ1) is 17.1. The molecule has 4 atom stereocenters. The Labute approximate surface area is 134 Å². The van der Waals surface area contributed by atoms with E-state index in [4.69, 9.17) is 0 Å². The van der Waals surface area contributed by atoms with Crippen LogP contribution in [-0.4, -0.2) is 34.2 Å². The zero-order valence-electron chi connectivity index (χ0n) is 13.3. The normalized spacial score (nSPS) is 24.2. The fourth-order valence-electron chi connectivity index (χ4n) is 2.60. The van der Waals surface area contributed by atoms with E-state index in [2.05, 4.69) is 30.0 Å². The topological polar surface area (TPSA) is 70.2 Å². The van der Waals surface area contributed by atoms with Gasteiger partial charge in [-0.2, -0.15) is 0 Å². The van der Waals surface area contributed by atoms with Crippen molar-refractivity contribution >= 4 is 16.7 Å². The van der Waals surface area contributed by atoms with E-state index in [1.807, 2.05) is 30.3 Å². The molecule has 1 fully saturated rings. The quantitative estimate of drug-likeness (QED) is 0.733. The second-order valence-corrected chi connectivity index (χ2v) is 7.62. The number of carbonyl (C=O) groups is 1. The number of hydrogen-bond acceptors (Lipinski definition) is 4. The van der Waals surface area contributed by atoms with Crippen LogP contribution in [0.1, 0.15) is 31.9 Å². The maximum absolute atomic E-state index is 12.5. The second-order valence-electron chi connectivity index (χ2n) is 6.14. The van der Waals surface area contributed by atoms with Crippen LogP contribution in [0.5, 0.6) is 0 Å². The average Bonchev–Trinajstić information content (AvgIpc) is 2.97. The van der Waals surface area contributed by atoms with E-state index in [9.17, 15) is 9.00 Å². The Balaban J connectivity index is 2.01. The van der Waals surface area contributed by atoms with E-state index in [1.54, 1.807) is 6.26 Å². The number of carbonyl (C=O) groups excluding carboxylic acids is 1. The van der Waals surface area contributed by atoms with Gasteiger partial charge in [0.25, 0.3) is 0 Å². The van der Waals surface area contributed by atoms with Crippen LogP contribution in [-0.2, 0) is 15.6 Å². The molecule has 2 rings (SSSR count). The minimum atomic E-state index is -0.979. The SMILES string of the molecule is CC(C)C1CC(C(=O)NC(CS(C)=O)c2ccccc2)NN1. The van der Waals surface area contributed by atoms with Gasteiger partial charge in [-0.15, -0.1) is 0 Å². The summed E-state index contributed by atoms with van der Waals surface area (Å²) in [6.45, 7) is 4.26. The molecule has 0 saturated carbocycles. The highest BCUT2D eigenvalue weighted by atomic mass is 32.2. The fourth-order valence-corrected chi connectivity index (χ4v) is 3.35. The monoisotopic (exact) mass is 323 g/mol. The molecule has 0 bridgehead atoms. The molecule has 0 radical (unpaired) electrons. The predicted octanol–water partition coefficient (Wildman–Crippen LogP) is 1.11. The Bertz CT molecular complexity index is 521. The molecule has 0 aromatic heterocycles. The molecule has 0 spiro atoms. The molecule has 6 heteroatoms. The average molecular weight is 323 g/mol. The van der Waals surface area contributed by atoms with Gasteiger partial charge in [-0.05, 0) is 17.9 Å². The van der Waals surface area contributed by atoms with Crippen LogP contribution in [0.15, 0.2) is 30.3 Å². The van der Waals surface area contributed by atoms with E-state index in [1.165, 1.54) is 0 Å². The number of amides is 1. The summed E-state index contributed by atoms with van der Waals surface area (Å²) in [4.78, 5) is 12.5. The van der Waals surface area contributed by atoms with Crippen LogP contribution >= 0.6 is 0 Å². The molecule has 22 heavy (non-hydrogen) atoms. The molecule has 122 valence electrons. The number of nitrogens with one attached hydrogen (secondary N) is 3. The van der Waals surface area contributed by atoms with E-state index < -0.39 is 10.8 Å². The summed E-state index contributed by atoms with van der Waals surface area (Å²) in [5.74, 6) is 0.845. The summed E-state index contributed by atoms with van der Waals surface area (Å²) in [6.07, 6.45) is 2.42. The number of rotatable bonds is 6. The van der Waals surface area contributed by atoms with E-state index >= 15 is 0 Å². The van der Waals surface area contributed by atoms with Crippen LogP contribution < -0.4 is 16.2 Å². The van der Waals surface area contributed by atoms with Gasteiger partial charge in [0.1, 0.15) is 6.04 Å². The number of benzene rings is 1. The number of hydrogen-bond donors (Lipinski definition) is 3. The van der Waals surface area contributed by atoms with Crippen molar-refractivity contribution in [3.63, 3.8) is 0 Å². The van der Waals surface area contributed by atoms with E-state index in [-0.39, 0.29) is 18.0 Å². The van der Waals surface area contributed by atoms with Crippen molar-refractivity contribution in [3.8, 4) is 0 Å². The minimum Gasteiger partial charge on any atom is -0.347 e. The third kappa shape index (κ3) is 4.63. The maximum atomic E-state index is 12.5. The van der Waals surface area contributed by atoms with Crippen molar-refractivity contribution in [2.75, 3.05) is 12.0 Å². The zero-order chi connectivity index (χ0) is 16.1. The highest BCUT2D eigenvalue weighted by Crippen LogP contribution is 2.17. The van der Waals surface area contributed by atoms with Crippen LogP contribution in [0.25, 0.3) is 0 Å². The predicted molar refractivity (Wildman–Crippen MR) is 89.6 cm³/mol. The second kappa shape index (κ2) is 7.85. The van der Waals surface area contributed by atoms with Crippen LogP contribution in [0.2, 0.25) is 0 Å². The Kier molecular flexibility index (Phi) is 6.11. The summed E-state index contributed by atoms with van der Waals surface area (Å²) in [5.41, 5.74) is 7.21. The molecule has 1 heterocycles. The van der Waals surface area contributed by atoms with Gasteiger partial charge in [0.05, 0.1) is 6.04 Å². The summed E-state index contributed by atoms with van der Waals surface area (Å²) < 4.78 is 11.6. The molecule has 1 saturated heterocycles. The molecule has 3 N–H and O–H groups in total. The van der Waals surface area contributed by atoms with Gasteiger partial charge >= 0.3 is 0 Å². The van der Waals surface area contributed by atoms with E-state index in [0.717, 1.165) is 12.0 Å². The van der Waals surface area contributed by atoms with Gasteiger partial charge in [-0.25, -0.2) is 5.43 Å². The van der Waals surface area contributed by atoms with Gasteiger partial charge in [0, 0.05) is 28.9 Å². The van der Waals surface area contributed by atoms with Crippen LogP contribution in [0.4, 0.5) is 0 Å². The van der Waals surface area contributed by atoms with Crippen molar-refractivity contribution in [1.29, 1.82) is 0 Å². The molecule has 5 nitrogen and oxygen atoms in total. The Morgan fingerprint density at radius 1 is 1.32 bits per heavy atom. The molecule has 1 aromatic rings. The van der Waals surface area contributed by atoms with Gasteiger partial charge in [0.15, 0.2) is 0 Å². The number of hydrazine groups is 1. The smallest absolute Gasteiger partial charge is 0.239 e. The lowest BCUT2D eigenvalue weighted by Crippen LogP contribution is -2.45. The molecule has 4 unspecified atom stereocenters. The lowest BCUT2D eigenvalue weighted by molar-refractivity contribution is -0.123. The van der Waals surface area contributed by atoms with Gasteiger partial charge < -0.3 is 5.32 Å². The van der Waals surface area contributed by atoms with Crippen molar-refractivity contribution in [2.24, 2.45) is 5.92 Å². The van der Waals surface area contributed by atoms with Gasteiger partial charge in [-0.1, -0.05) is 44.2 Å². The first-order chi connectivity index (χ1) is 10.5. The molecular weight excluding hydrogens is 298 g/mol. The fraction of sp³-hybridized carbons (Fsp3) is 0.562. The highest BCUT2D eigenvalue weighted by molar-refractivity contribution is 7.84. The molecule has 1 amide bonds.